The van der Waals surface area contributed by atoms with Gasteiger partial charge in [0.1, 0.15) is 17.3 Å². The molecular weight excluding hydrogens is 399 g/mol. The highest BCUT2D eigenvalue weighted by Gasteiger charge is 2.31. The van der Waals surface area contributed by atoms with Crippen LogP contribution in [0.5, 0.6) is 11.5 Å². The van der Waals surface area contributed by atoms with E-state index in [9.17, 15) is 23.1 Å². The number of alkyl halides is 3. The van der Waals surface area contributed by atoms with E-state index in [2.05, 4.69) is 15.6 Å². The van der Waals surface area contributed by atoms with Gasteiger partial charge in [0, 0.05) is 24.7 Å². The summed E-state index contributed by atoms with van der Waals surface area (Å²) in [7, 11) is 1.49. The third kappa shape index (κ3) is 5.66. The first-order valence-electron chi connectivity index (χ1n) is 8.24. The number of halogens is 4. The van der Waals surface area contributed by atoms with Crippen molar-refractivity contribution in [3.8, 4) is 11.5 Å². The molecule has 2 rings (SSSR count). The number of anilines is 1. The number of rotatable bonds is 7. The molecule has 0 saturated heterocycles. The third-order valence-corrected chi connectivity index (χ3v) is 4.18. The fourth-order valence-corrected chi connectivity index (χ4v) is 2.65. The van der Waals surface area contributed by atoms with Crippen molar-refractivity contribution in [2.45, 2.75) is 25.6 Å². The quantitative estimate of drug-likeness (QED) is 0.630. The average Bonchev–Trinajstić information content (AvgIpc) is 2.62. The van der Waals surface area contributed by atoms with E-state index in [-0.39, 0.29) is 35.5 Å². The van der Waals surface area contributed by atoms with Gasteiger partial charge in [-0.15, -0.1) is 0 Å². The smallest absolute Gasteiger partial charge is 0.417 e. The molecule has 28 heavy (non-hydrogen) atoms. The summed E-state index contributed by atoms with van der Waals surface area (Å²) in [5.74, 6) is 0.289. The molecule has 1 aromatic heterocycles. The predicted octanol–water partition coefficient (Wildman–Crippen LogP) is 4.15. The minimum Gasteiger partial charge on any atom is -0.508 e. The van der Waals surface area contributed by atoms with Gasteiger partial charge in [0.2, 0.25) is 5.91 Å². The number of hydrogen-bond donors (Lipinski definition) is 3. The van der Waals surface area contributed by atoms with Crippen molar-refractivity contribution in [3.63, 3.8) is 0 Å². The van der Waals surface area contributed by atoms with Gasteiger partial charge >= 0.3 is 6.18 Å². The second-order valence-corrected chi connectivity index (χ2v) is 6.35. The van der Waals surface area contributed by atoms with Crippen molar-refractivity contribution >= 4 is 23.3 Å². The van der Waals surface area contributed by atoms with Gasteiger partial charge in [-0.25, -0.2) is 4.98 Å². The Hall–Kier alpha value is -2.68. The van der Waals surface area contributed by atoms with Gasteiger partial charge in [0.05, 0.1) is 23.7 Å². The molecule has 0 radical (unpaired) electrons. The number of methoxy groups -OCH3 is 1. The van der Waals surface area contributed by atoms with Crippen LogP contribution >= 0.6 is 11.6 Å². The van der Waals surface area contributed by atoms with E-state index in [4.69, 9.17) is 16.3 Å². The summed E-state index contributed by atoms with van der Waals surface area (Å²) >= 11 is 5.80. The zero-order valence-corrected chi connectivity index (χ0v) is 15.9. The monoisotopic (exact) mass is 417 g/mol. The number of nitrogens with one attached hydrogen (secondary N) is 2. The molecule has 10 heteroatoms. The molecule has 0 aliphatic rings. The fraction of sp³-hybridized carbons (Fsp3) is 0.333. The van der Waals surface area contributed by atoms with Gasteiger partial charge in [-0.05, 0) is 31.2 Å². The van der Waals surface area contributed by atoms with Gasteiger partial charge in [0.25, 0.3) is 0 Å². The Morgan fingerprint density at radius 3 is 2.68 bits per heavy atom. The lowest BCUT2D eigenvalue weighted by atomic mass is 10.1. The molecule has 0 aliphatic carbocycles. The number of phenols is 1. The Bertz CT molecular complexity index is 847. The molecule has 6 nitrogen and oxygen atoms in total. The second kappa shape index (κ2) is 9.01. The van der Waals surface area contributed by atoms with E-state index in [0.717, 1.165) is 6.07 Å². The van der Waals surface area contributed by atoms with E-state index < -0.39 is 17.8 Å². The number of aromatic hydroxyl groups is 1. The number of ether oxygens (including phenoxy) is 1. The van der Waals surface area contributed by atoms with Gasteiger partial charge in [-0.2, -0.15) is 13.2 Å². The molecule has 0 bridgehead atoms. The molecule has 1 heterocycles. The van der Waals surface area contributed by atoms with Crippen molar-refractivity contribution in [1.82, 2.24) is 10.3 Å². The van der Waals surface area contributed by atoms with Crippen LogP contribution in [-0.4, -0.2) is 29.7 Å². The highest BCUT2D eigenvalue weighted by molar-refractivity contribution is 6.32. The first kappa shape index (κ1) is 21.6. The molecule has 0 fully saturated rings. The minimum atomic E-state index is -4.53. The van der Waals surface area contributed by atoms with Crippen LogP contribution < -0.4 is 15.4 Å². The lowest BCUT2D eigenvalue weighted by Crippen LogP contribution is -2.28. The van der Waals surface area contributed by atoms with Crippen molar-refractivity contribution in [3.05, 3.63) is 46.6 Å². The average molecular weight is 418 g/mol. The lowest BCUT2D eigenvalue weighted by molar-refractivity contribution is -0.137. The van der Waals surface area contributed by atoms with Gasteiger partial charge in [0.15, 0.2) is 0 Å². The highest BCUT2D eigenvalue weighted by atomic mass is 35.5. The van der Waals surface area contributed by atoms with Crippen LogP contribution in [0.25, 0.3) is 0 Å². The summed E-state index contributed by atoms with van der Waals surface area (Å²) in [5.41, 5.74) is -0.458. The SMILES string of the molecule is COc1ccc(O)c(C(C)NC(=O)CCNc2ncc(C(F)(F)F)cc2Cl)c1. The summed E-state index contributed by atoms with van der Waals surface area (Å²) in [6, 6.07) is 4.97. The summed E-state index contributed by atoms with van der Waals surface area (Å²) in [4.78, 5) is 15.7. The van der Waals surface area contributed by atoms with Crippen LogP contribution in [0.4, 0.5) is 19.0 Å². The molecule has 152 valence electrons. The van der Waals surface area contributed by atoms with Gasteiger partial charge < -0.3 is 20.5 Å². The Labute approximate surface area is 164 Å². The number of hydrogen-bond acceptors (Lipinski definition) is 5. The van der Waals surface area contributed by atoms with Crippen molar-refractivity contribution < 1.29 is 27.8 Å². The number of aromatic nitrogens is 1. The van der Waals surface area contributed by atoms with Gasteiger partial charge in [-0.1, -0.05) is 11.6 Å². The Morgan fingerprint density at radius 2 is 2.07 bits per heavy atom. The van der Waals surface area contributed by atoms with Crippen LogP contribution in [0.1, 0.15) is 30.5 Å². The highest BCUT2D eigenvalue weighted by Crippen LogP contribution is 2.32. The van der Waals surface area contributed by atoms with E-state index >= 15 is 0 Å². The number of carbonyl (C=O) groups is 1. The molecule has 3 N–H and O–H groups in total. The van der Waals surface area contributed by atoms with Crippen LogP contribution in [-0.2, 0) is 11.0 Å². The molecular formula is C18H19ClF3N3O3. The lowest BCUT2D eigenvalue weighted by Gasteiger charge is -2.17. The molecule has 2 aromatic rings. The van der Waals surface area contributed by atoms with Crippen LogP contribution in [0.15, 0.2) is 30.5 Å². The molecule has 0 aliphatic heterocycles. The maximum absolute atomic E-state index is 12.6. The standard InChI is InChI=1S/C18H19ClF3N3O3/c1-10(13-8-12(28-2)3-4-15(13)26)25-16(27)5-6-23-17-14(19)7-11(9-24-17)18(20,21)22/h3-4,7-10,26H,5-6H2,1-2H3,(H,23,24)(H,25,27). The zero-order valence-electron chi connectivity index (χ0n) is 15.1. The number of phenolic OH excluding ortho intramolecular Hbond substituents is 1. The number of carbonyl (C=O) groups excluding carboxylic acids is 1. The van der Waals surface area contributed by atoms with E-state index in [1.807, 2.05) is 0 Å². The number of nitrogens with zero attached hydrogens (tertiary/aromatic N) is 1. The maximum Gasteiger partial charge on any atom is 0.417 e. The summed E-state index contributed by atoms with van der Waals surface area (Å²) in [6.07, 6.45) is -3.84. The van der Waals surface area contributed by atoms with Crippen LogP contribution in [0.3, 0.4) is 0 Å². The van der Waals surface area contributed by atoms with E-state index in [1.165, 1.54) is 13.2 Å². The third-order valence-electron chi connectivity index (χ3n) is 3.89. The second-order valence-electron chi connectivity index (χ2n) is 5.94. The maximum atomic E-state index is 12.6. The van der Waals surface area contributed by atoms with Crippen LogP contribution in [0.2, 0.25) is 5.02 Å². The van der Waals surface area contributed by atoms with E-state index in [0.29, 0.717) is 17.5 Å². The number of pyridine rings is 1. The first-order chi connectivity index (χ1) is 13.1. The molecule has 1 aromatic carbocycles. The van der Waals surface area contributed by atoms with Gasteiger partial charge in [-0.3, -0.25) is 4.79 Å². The molecule has 0 saturated carbocycles. The van der Waals surface area contributed by atoms with Crippen molar-refractivity contribution in [2.75, 3.05) is 19.0 Å². The summed E-state index contributed by atoms with van der Waals surface area (Å²) < 4.78 is 42.9. The number of amides is 1. The minimum absolute atomic E-state index is 0.0208. The molecule has 1 atom stereocenters. The number of benzene rings is 1. The summed E-state index contributed by atoms with van der Waals surface area (Å²) in [6.45, 7) is 1.81. The first-order valence-corrected chi connectivity index (χ1v) is 8.62. The Kier molecular flexibility index (Phi) is 6.95. The normalized spacial score (nSPS) is 12.4. The fourth-order valence-electron chi connectivity index (χ4n) is 2.42. The molecule has 1 unspecified atom stereocenters. The van der Waals surface area contributed by atoms with E-state index in [1.54, 1.807) is 19.1 Å². The zero-order chi connectivity index (χ0) is 20.9. The molecule has 0 spiro atoms. The van der Waals surface area contributed by atoms with Crippen LogP contribution in [0, 0.1) is 0 Å². The van der Waals surface area contributed by atoms with Crippen molar-refractivity contribution in [2.24, 2.45) is 0 Å². The molecule has 1 amide bonds. The largest absolute Gasteiger partial charge is 0.508 e. The summed E-state index contributed by atoms with van der Waals surface area (Å²) in [5, 5.41) is 15.2. The topological polar surface area (TPSA) is 83.5 Å². The predicted molar refractivity (Wildman–Crippen MR) is 98.6 cm³/mol. The Balaban J connectivity index is 1.89. The van der Waals surface area contributed by atoms with Crippen molar-refractivity contribution in [1.29, 1.82) is 0 Å². The Morgan fingerprint density at radius 1 is 1.36 bits per heavy atom.